The van der Waals surface area contributed by atoms with Crippen LogP contribution < -0.4 is 5.32 Å². The molecule has 0 aliphatic carbocycles. The number of hydrogen-bond acceptors (Lipinski definition) is 3. The summed E-state index contributed by atoms with van der Waals surface area (Å²) in [6, 6.07) is 0.168. The van der Waals surface area contributed by atoms with Gasteiger partial charge in [0.25, 0.3) is 0 Å². The van der Waals surface area contributed by atoms with Crippen molar-refractivity contribution in [3.05, 3.63) is 0 Å². The summed E-state index contributed by atoms with van der Waals surface area (Å²) in [7, 11) is 1.97. The van der Waals surface area contributed by atoms with Crippen LogP contribution in [-0.2, 0) is 4.79 Å². The number of nitrogens with one attached hydrogen (secondary N) is 1. The van der Waals surface area contributed by atoms with Crippen LogP contribution >= 0.6 is 24.8 Å². The van der Waals surface area contributed by atoms with Crippen molar-refractivity contribution < 1.29 is 9.90 Å². The van der Waals surface area contributed by atoms with Crippen molar-refractivity contribution in [3.63, 3.8) is 0 Å². The second-order valence-corrected chi connectivity index (χ2v) is 2.94. The summed E-state index contributed by atoms with van der Waals surface area (Å²) in [5.41, 5.74) is 0. The summed E-state index contributed by atoms with van der Waals surface area (Å²) >= 11 is 0. The third kappa shape index (κ3) is 5.31. The highest BCUT2D eigenvalue weighted by Gasteiger charge is 2.20. The van der Waals surface area contributed by atoms with Gasteiger partial charge < -0.3 is 15.3 Å². The zero-order valence-electron chi connectivity index (χ0n) is 7.52. The van der Waals surface area contributed by atoms with Crippen molar-refractivity contribution in [1.82, 2.24) is 10.2 Å². The Morgan fingerprint density at radius 1 is 1.62 bits per heavy atom. The molecule has 1 aliphatic heterocycles. The lowest BCUT2D eigenvalue weighted by Crippen LogP contribution is -2.49. The Hall–Kier alpha value is -0.0300. The predicted molar refractivity (Wildman–Crippen MR) is 56.0 cm³/mol. The monoisotopic (exact) mass is 230 g/mol. The minimum atomic E-state index is -0.717. The molecule has 0 aromatic rings. The number of rotatable bonds is 2. The summed E-state index contributed by atoms with van der Waals surface area (Å²) in [6.45, 7) is 2.70. The molecule has 0 spiro atoms. The smallest absolute Gasteiger partial charge is 0.304 e. The molecule has 80 valence electrons. The number of carboxylic acid groups (broad SMARTS) is 1. The minimum absolute atomic E-state index is 0. The second kappa shape index (κ2) is 7.38. The summed E-state index contributed by atoms with van der Waals surface area (Å²) in [5, 5.41) is 11.7. The molecule has 0 radical (unpaired) electrons. The van der Waals surface area contributed by atoms with Crippen LogP contribution in [0.1, 0.15) is 6.42 Å². The predicted octanol–water partition coefficient (Wildman–Crippen LogP) is 0.208. The van der Waals surface area contributed by atoms with Crippen LogP contribution in [0.3, 0.4) is 0 Å². The Balaban J connectivity index is 0. The summed E-state index contributed by atoms with van der Waals surface area (Å²) in [6.07, 6.45) is 0.240. The number of halogens is 2. The molecular weight excluding hydrogens is 215 g/mol. The quantitative estimate of drug-likeness (QED) is 0.713. The molecule has 1 rings (SSSR count). The Morgan fingerprint density at radius 2 is 2.23 bits per heavy atom. The maximum atomic E-state index is 10.4. The first-order valence-corrected chi connectivity index (χ1v) is 3.83. The maximum absolute atomic E-state index is 10.4. The van der Waals surface area contributed by atoms with E-state index in [0.29, 0.717) is 0 Å². The van der Waals surface area contributed by atoms with E-state index in [1.807, 2.05) is 7.05 Å². The average Bonchev–Trinajstić information content (AvgIpc) is 1.93. The first-order chi connectivity index (χ1) is 5.20. The van der Waals surface area contributed by atoms with Gasteiger partial charge in [-0.2, -0.15) is 0 Å². The van der Waals surface area contributed by atoms with Crippen molar-refractivity contribution in [2.45, 2.75) is 12.5 Å². The molecule has 6 heteroatoms. The van der Waals surface area contributed by atoms with Gasteiger partial charge in [0.2, 0.25) is 0 Å². The van der Waals surface area contributed by atoms with E-state index >= 15 is 0 Å². The molecular formula is C7H16Cl2N2O2. The van der Waals surface area contributed by atoms with Crippen LogP contribution in [0.5, 0.6) is 0 Å². The number of hydrogen-bond donors (Lipinski definition) is 2. The molecule has 0 aromatic heterocycles. The number of carbonyl (C=O) groups is 1. The average molecular weight is 231 g/mol. The standard InChI is InChI=1S/C7H14N2O2.2ClH/c1-9-3-2-8-5-6(9)4-7(10)11;;/h6,8H,2-5H2,1H3,(H,10,11);2*1H. The SMILES string of the molecule is CN1CCNCC1CC(=O)O.Cl.Cl. The normalized spacial score (nSPS) is 22.7. The van der Waals surface area contributed by atoms with E-state index in [9.17, 15) is 4.79 Å². The Labute approximate surface area is 90.5 Å². The fourth-order valence-electron chi connectivity index (χ4n) is 1.29. The van der Waals surface area contributed by atoms with Gasteiger partial charge in [-0.3, -0.25) is 4.79 Å². The lowest BCUT2D eigenvalue weighted by molar-refractivity contribution is -0.138. The fraction of sp³-hybridized carbons (Fsp3) is 0.857. The van der Waals surface area contributed by atoms with Crippen LogP contribution in [0.2, 0.25) is 0 Å². The number of nitrogens with zero attached hydrogens (tertiary/aromatic N) is 1. The summed E-state index contributed by atoms with van der Waals surface area (Å²) in [4.78, 5) is 12.4. The van der Waals surface area contributed by atoms with E-state index in [-0.39, 0.29) is 37.3 Å². The third-order valence-electron chi connectivity index (χ3n) is 2.05. The second-order valence-electron chi connectivity index (χ2n) is 2.94. The van der Waals surface area contributed by atoms with Crippen molar-refractivity contribution in [2.24, 2.45) is 0 Å². The molecule has 1 unspecified atom stereocenters. The Kier molecular flexibility index (Phi) is 8.77. The molecule has 1 aliphatic rings. The molecule has 1 heterocycles. The first-order valence-electron chi connectivity index (χ1n) is 3.83. The van der Waals surface area contributed by atoms with E-state index in [1.54, 1.807) is 0 Å². The number of piperazine rings is 1. The first kappa shape index (κ1) is 15.4. The number of likely N-dealkylation sites (N-methyl/N-ethyl adjacent to an activating group) is 1. The van der Waals surface area contributed by atoms with Gasteiger partial charge in [-0.1, -0.05) is 0 Å². The number of carboxylic acids is 1. The van der Waals surface area contributed by atoms with E-state index in [4.69, 9.17) is 5.11 Å². The van der Waals surface area contributed by atoms with Gasteiger partial charge in [0, 0.05) is 25.7 Å². The Bertz CT molecular complexity index is 157. The topological polar surface area (TPSA) is 52.6 Å². The molecule has 0 amide bonds. The van der Waals surface area contributed by atoms with E-state index in [1.165, 1.54) is 0 Å². The molecule has 13 heavy (non-hydrogen) atoms. The minimum Gasteiger partial charge on any atom is -0.481 e. The third-order valence-corrected chi connectivity index (χ3v) is 2.05. The molecule has 0 saturated carbocycles. The number of aliphatic carboxylic acids is 1. The molecule has 0 bridgehead atoms. The van der Waals surface area contributed by atoms with Crippen LogP contribution in [0.15, 0.2) is 0 Å². The molecule has 4 nitrogen and oxygen atoms in total. The van der Waals surface area contributed by atoms with Gasteiger partial charge in [0.05, 0.1) is 6.42 Å². The largest absolute Gasteiger partial charge is 0.481 e. The summed E-state index contributed by atoms with van der Waals surface area (Å²) in [5.74, 6) is -0.717. The van der Waals surface area contributed by atoms with E-state index in [0.717, 1.165) is 19.6 Å². The van der Waals surface area contributed by atoms with Gasteiger partial charge in [-0.05, 0) is 7.05 Å². The van der Waals surface area contributed by atoms with E-state index in [2.05, 4.69) is 10.2 Å². The molecule has 1 atom stereocenters. The maximum Gasteiger partial charge on any atom is 0.304 e. The van der Waals surface area contributed by atoms with E-state index < -0.39 is 5.97 Å². The van der Waals surface area contributed by atoms with Crippen molar-refractivity contribution in [3.8, 4) is 0 Å². The summed E-state index contributed by atoms with van der Waals surface area (Å²) < 4.78 is 0. The van der Waals surface area contributed by atoms with Crippen molar-refractivity contribution in [2.75, 3.05) is 26.7 Å². The van der Waals surface area contributed by atoms with Gasteiger partial charge in [-0.15, -0.1) is 24.8 Å². The molecule has 0 aromatic carbocycles. The molecule has 2 N–H and O–H groups in total. The zero-order chi connectivity index (χ0) is 8.27. The van der Waals surface area contributed by atoms with Gasteiger partial charge >= 0.3 is 5.97 Å². The van der Waals surface area contributed by atoms with Crippen molar-refractivity contribution in [1.29, 1.82) is 0 Å². The van der Waals surface area contributed by atoms with Crippen molar-refractivity contribution >= 4 is 30.8 Å². The zero-order valence-corrected chi connectivity index (χ0v) is 9.16. The van der Waals surface area contributed by atoms with Crippen LogP contribution in [0, 0.1) is 0 Å². The molecule has 1 fully saturated rings. The van der Waals surface area contributed by atoms with Gasteiger partial charge in [0.15, 0.2) is 0 Å². The highest BCUT2D eigenvalue weighted by molar-refractivity contribution is 5.85. The fourth-order valence-corrected chi connectivity index (χ4v) is 1.29. The molecule has 1 saturated heterocycles. The van der Waals surface area contributed by atoms with Gasteiger partial charge in [-0.25, -0.2) is 0 Å². The Morgan fingerprint density at radius 3 is 2.69 bits per heavy atom. The highest BCUT2D eigenvalue weighted by atomic mass is 35.5. The lowest BCUT2D eigenvalue weighted by atomic mass is 10.1. The van der Waals surface area contributed by atoms with Crippen LogP contribution in [0.4, 0.5) is 0 Å². The highest BCUT2D eigenvalue weighted by Crippen LogP contribution is 2.03. The lowest BCUT2D eigenvalue weighted by Gasteiger charge is -2.31. The van der Waals surface area contributed by atoms with Crippen LogP contribution in [0.25, 0.3) is 0 Å². The van der Waals surface area contributed by atoms with Crippen LogP contribution in [-0.4, -0.2) is 48.7 Å². The van der Waals surface area contributed by atoms with Gasteiger partial charge in [0.1, 0.15) is 0 Å².